The van der Waals surface area contributed by atoms with Crippen molar-refractivity contribution in [1.82, 2.24) is 0 Å². The molecule has 2 aromatic rings. The largest absolute Gasteiger partial charge is 0.489 e. The standard InChI is InChI=1S/C15H15BrFNO/c1-10(18)12-6-2-3-8-14(12)19-9-11-5-4-7-13(17)15(11)16/h2-8,10H,9,18H2,1H3/t10-/m1/s1. The number of benzene rings is 2. The van der Waals surface area contributed by atoms with Gasteiger partial charge in [-0.05, 0) is 35.0 Å². The van der Waals surface area contributed by atoms with Crippen LogP contribution in [0.1, 0.15) is 24.1 Å². The molecule has 0 fully saturated rings. The summed E-state index contributed by atoms with van der Waals surface area (Å²) in [6.07, 6.45) is 0. The highest BCUT2D eigenvalue weighted by atomic mass is 79.9. The first kappa shape index (κ1) is 14.0. The second kappa shape index (κ2) is 6.17. The molecule has 2 rings (SSSR count). The highest BCUT2D eigenvalue weighted by Gasteiger charge is 2.09. The summed E-state index contributed by atoms with van der Waals surface area (Å²) in [4.78, 5) is 0. The van der Waals surface area contributed by atoms with E-state index in [0.29, 0.717) is 11.1 Å². The van der Waals surface area contributed by atoms with Crippen molar-refractivity contribution >= 4 is 15.9 Å². The number of para-hydroxylation sites is 1. The minimum atomic E-state index is -0.290. The third kappa shape index (κ3) is 3.33. The molecule has 0 aliphatic heterocycles. The molecule has 0 spiro atoms. The van der Waals surface area contributed by atoms with Crippen molar-refractivity contribution in [2.75, 3.05) is 0 Å². The van der Waals surface area contributed by atoms with Crippen molar-refractivity contribution in [2.45, 2.75) is 19.6 Å². The highest BCUT2D eigenvalue weighted by Crippen LogP contribution is 2.26. The van der Waals surface area contributed by atoms with Gasteiger partial charge in [-0.2, -0.15) is 0 Å². The van der Waals surface area contributed by atoms with Crippen LogP contribution in [0.2, 0.25) is 0 Å². The molecule has 0 heterocycles. The van der Waals surface area contributed by atoms with Gasteiger partial charge in [0.25, 0.3) is 0 Å². The van der Waals surface area contributed by atoms with Crippen molar-refractivity contribution in [3.05, 3.63) is 63.9 Å². The van der Waals surface area contributed by atoms with Gasteiger partial charge in [-0.3, -0.25) is 0 Å². The normalized spacial score (nSPS) is 12.2. The summed E-state index contributed by atoms with van der Waals surface area (Å²) < 4.78 is 19.6. The van der Waals surface area contributed by atoms with Gasteiger partial charge in [0.05, 0.1) is 4.47 Å². The first-order chi connectivity index (χ1) is 9.09. The molecule has 2 aromatic carbocycles. The van der Waals surface area contributed by atoms with Crippen molar-refractivity contribution in [2.24, 2.45) is 5.73 Å². The topological polar surface area (TPSA) is 35.2 Å². The van der Waals surface area contributed by atoms with Crippen LogP contribution in [0.3, 0.4) is 0 Å². The van der Waals surface area contributed by atoms with Crippen molar-refractivity contribution in [1.29, 1.82) is 0 Å². The van der Waals surface area contributed by atoms with Gasteiger partial charge < -0.3 is 10.5 Å². The number of rotatable bonds is 4. The van der Waals surface area contributed by atoms with E-state index in [4.69, 9.17) is 10.5 Å². The molecule has 2 N–H and O–H groups in total. The maximum absolute atomic E-state index is 13.4. The monoisotopic (exact) mass is 323 g/mol. The van der Waals surface area contributed by atoms with E-state index in [0.717, 1.165) is 16.9 Å². The summed E-state index contributed by atoms with van der Waals surface area (Å²) in [6.45, 7) is 2.20. The van der Waals surface area contributed by atoms with E-state index in [2.05, 4.69) is 15.9 Å². The average molecular weight is 324 g/mol. The lowest BCUT2D eigenvalue weighted by molar-refractivity contribution is 0.300. The van der Waals surface area contributed by atoms with Gasteiger partial charge in [-0.1, -0.05) is 30.3 Å². The van der Waals surface area contributed by atoms with Crippen LogP contribution in [0, 0.1) is 5.82 Å². The molecule has 0 amide bonds. The molecule has 0 aromatic heterocycles. The maximum atomic E-state index is 13.4. The summed E-state index contributed by atoms with van der Waals surface area (Å²) in [5.41, 5.74) is 7.59. The molecule has 0 saturated heterocycles. The quantitative estimate of drug-likeness (QED) is 0.915. The number of nitrogens with two attached hydrogens (primary N) is 1. The molecule has 0 aliphatic carbocycles. The molecule has 100 valence electrons. The third-order valence-electron chi connectivity index (χ3n) is 2.82. The Labute approximate surface area is 120 Å². The second-order valence-electron chi connectivity index (χ2n) is 4.33. The van der Waals surface area contributed by atoms with Gasteiger partial charge in [0.15, 0.2) is 0 Å². The van der Waals surface area contributed by atoms with Gasteiger partial charge in [0, 0.05) is 17.2 Å². The van der Waals surface area contributed by atoms with E-state index in [1.54, 1.807) is 6.07 Å². The van der Waals surface area contributed by atoms with Gasteiger partial charge >= 0.3 is 0 Å². The smallest absolute Gasteiger partial charge is 0.137 e. The van der Waals surface area contributed by atoms with Crippen LogP contribution in [-0.4, -0.2) is 0 Å². The van der Waals surface area contributed by atoms with Crippen molar-refractivity contribution in [3.8, 4) is 5.75 Å². The maximum Gasteiger partial charge on any atom is 0.137 e. The zero-order valence-corrected chi connectivity index (χ0v) is 12.2. The molecule has 0 unspecified atom stereocenters. The Bertz CT molecular complexity index is 572. The highest BCUT2D eigenvalue weighted by molar-refractivity contribution is 9.10. The summed E-state index contributed by atoms with van der Waals surface area (Å²) >= 11 is 3.22. The Morgan fingerprint density at radius 2 is 1.95 bits per heavy atom. The summed E-state index contributed by atoms with van der Waals surface area (Å²) in [6, 6.07) is 12.4. The van der Waals surface area contributed by atoms with Crippen LogP contribution < -0.4 is 10.5 Å². The fourth-order valence-corrected chi connectivity index (χ4v) is 2.18. The van der Waals surface area contributed by atoms with Crippen LogP contribution in [0.5, 0.6) is 5.75 Å². The molecule has 4 heteroatoms. The van der Waals surface area contributed by atoms with E-state index in [1.165, 1.54) is 6.07 Å². The average Bonchev–Trinajstić information content (AvgIpc) is 2.40. The molecular formula is C15H15BrFNO. The third-order valence-corrected chi connectivity index (χ3v) is 3.71. The van der Waals surface area contributed by atoms with Crippen LogP contribution in [-0.2, 0) is 6.61 Å². The Hall–Kier alpha value is -1.39. The number of ether oxygens (including phenoxy) is 1. The Morgan fingerprint density at radius 1 is 1.21 bits per heavy atom. The van der Waals surface area contributed by atoms with Gasteiger partial charge in [0.1, 0.15) is 18.2 Å². The first-order valence-corrected chi connectivity index (χ1v) is 6.79. The summed E-state index contributed by atoms with van der Waals surface area (Å²) in [5, 5.41) is 0. The lowest BCUT2D eigenvalue weighted by atomic mass is 10.1. The minimum Gasteiger partial charge on any atom is -0.489 e. The van der Waals surface area contributed by atoms with E-state index in [1.807, 2.05) is 37.3 Å². The Morgan fingerprint density at radius 3 is 2.68 bits per heavy atom. The van der Waals surface area contributed by atoms with E-state index in [-0.39, 0.29) is 11.9 Å². The predicted octanol–water partition coefficient (Wildman–Crippen LogP) is 4.19. The Kier molecular flexibility index (Phi) is 4.56. The molecule has 19 heavy (non-hydrogen) atoms. The SMILES string of the molecule is C[C@@H](N)c1ccccc1OCc1cccc(F)c1Br. The van der Waals surface area contributed by atoms with Gasteiger partial charge in [0.2, 0.25) is 0 Å². The summed E-state index contributed by atoms with van der Waals surface area (Å²) in [7, 11) is 0. The number of halogens is 2. The van der Waals surface area contributed by atoms with E-state index < -0.39 is 0 Å². The molecule has 0 saturated carbocycles. The molecular weight excluding hydrogens is 309 g/mol. The molecule has 0 aliphatic rings. The van der Waals surface area contributed by atoms with Crippen LogP contribution in [0.4, 0.5) is 4.39 Å². The Balaban J connectivity index is 2.17. The predicted molar refractivity (Wildman–Crippen MR) is 77.5 cm³/mol. The second-order valence-corrected chi connectivity index (χ2v) is 5.12. The zero-order chi connectivity index (χ0) is 13.8. The number of hydrogen-bond donors (Lipinski definition) is 1. The van der Waals surface area contributed by atoms with Crippen LogP contribution in [0.25, 0.3) is 0 Å². The lowest BCUT2D eigenvalue weighted by Crippen LogP contribution is -2.08. The minimum absolute atomic E-state index is 0.104. The van der Waals surface area contributed by atoms with Crippen LogP contribution in [0.15, 0.2) is 46.9 Å². The van der Waals surface area contributed by atoms with Crippen molar-refractivity contribution in [3.63, 3.8) is 0 Å². The zero-order valence-electron chi connectivity index (χ0n) is 10.6. The van der Waals surface area contributed by atoms with Gasteiger partial charge in [-0.15, -0.1) is 0 Å². The number of hydrogen-bond acceptors (Lipinski definition) is 2. The molecule has 0 radical (unpaired) electrons. The van der Waals surface area contributed by atoms with Crippen molar-refractivity contribution < 1.29 is 9.13 Å². The van der Waals surface area contributed by atoms with Crippen LogP contribution >= 0.6 is 15.9 Å². The fourth-order valence-electron chi connectivity index (χ4n) is 1.80. The first-order valence-electron chi connectivity index (χ1n) is 6.00. The lowest BCUT2D eigenvalue weighted by Gasteiger charge is -2.14. The van der Waals surface area contributed by atoms with E-state index >= 15 is 0 Å². The molecule has 0 bridgehead atoms. The molecule has 2 nitrogen and oxygen atoms in total. The molecule has 1 atom stereocenters. The van der Waals surface area contributed by atoms with E-state index in [9.17, 15) is 4.39 Å². The van der Waals surface area contributed by atoms with Gasteiger partial charge in [-0.25, -0.2) is 4.39 Å². The summed E-state index contributed by atoms with van der Waals surface area (Å²) in [5.74, 6) is 0.440. The fraction of sp³-hybridized carbons (Fsp3) is 0.200.